The van der Waals surface area contributed by atoms with Crippen molar-refractivity contribution < 1.29 is 9.47 Å². The summed E-state index contributed by atoms with van der Waals surface area (Å²) in [5.41, 5.74) is 25.5. The molecule has 2 heteroatoms. The summed E-state index contributed by atoms with van der Waals surface area (Å²) in [5.74, 6) is 1.62. The van der Waals surface area contributed by atoms with E-state index in [4.69, 9.17) is 9.47 Å². The van der Waals surface area contributed by atoms with Crippen LogP contribution in [0.3, 0.4) is 0 Å². The van der Waals surface area contributed by atoms with Crippen LogP contribution in [0.4, 0.5) is 0 Å². The van der Waals surface area contributed by atoms with E-state index in [0.717, 1.165) is 78.3 Å². The van der Waals surface area contributed by atoms with E-state index in [1.165, 1.54) is 55.6 Å². The Balaban J connectivity index is 1.21. The lowest BCUT2D eigenvalue weighted by Gasteiger charge is -2.25. The molecule has 346 valence electrons. The number of aryl methyl sites for hydroxylation is 2. The molecule has 11 aromatic carbocycles. The lowest BCUT2D eigenvalue weighted by Crippen LogP contribution is -1.99. The quantitative estimate of drug-likeness (QED) is 0.122. The maximum atomic E-state index is 5.72. The summed E-state index contributed by atoms with van der Waals surface area (Å²) in [6, 6.07) is 92.7. The van der Waals surface area contributed by atoms with Gasteiger partial charge in [0.25, 0.3) is 0 Å². The molecule has 11 aromatic rings. The highest BCUT2D eigenvalue weighted by molar-refractivity contribution is 6.09. The van der Waals surface area contributed by atoms with Gasteiger partial charge in [-0.2, -0.15) is 0 Å². The lowest BCUT2D eigenvalue weighted by atomic mass is 9.78. The van der Waals surface area contributed by atoms with Gasteiger partial charge >= 0.3 is 0 Å². The maximum absolute atomic E-state index is 5.72. The Kier molecular flexibility index (Phi) is 12.7. The minimum Gasteiger partial charge on any atom is -0.497 e. The zero-order valence-corrected chi connectivity index (χ0v) is 41.1. The standard InChI is InChI=1S/C70H54O2/c1-47-25-29-55(30-26-47)67-61(49-17-9-5-10-18-49)45-63(65(53-21-13-7-14-22-53)69(67)57-31-27-48(2)28-32-57)51-33-35-52(36-34-51)64-46-62(50-19-11-6-12-20-50)68(56-37-41-59(71-3)42-38-56)70(58-39-43-60(72-4)44-40-58)66(64)54-23-15-8-16-24-54/h5-46H,1-4H3. The Hall–Kier alpha value is -8.98. The first kappa shape index (κ1) is 45.5. The SMILES string of the molecule is COc1ccc(-c2c(-c3ccccc3)cc(-c3ccc(-c4cc(-c5ccccc5)c(-c5ccc(C)cc5)c(-c5ccc(C)cc5)c4-c4ccccc4)cc3)c(-c3ccccc3)c2-c2ccc(OC)cc2)cc1. The predicted molar refractivity (Wildman–Crippen MR) is 303 cm³/mol. The first-order chi connectivity index (χ1) is 35.4. The Morgan fingerprint density at radius 2 is 0.417 bits per heavy atom. The van der Waals surface area contributed by atoms with E-state index < -0.39 is 0 Å². The molecule has 11 rings (SSSR count). The van der Waals surface area contributed by atoms with Gasteiger partial charge in [0.05, 0.1) is 14.2 Å². The monoisotopic (exact) mass is 926 g/mol. The van der Waals surface area contributed by atoms with Crippen LogP contribution in [0.15, 0.2) is 255 Å². The topological polar surface area (TPSA) is 18.5 Å². The maximum Gasteiger partial charge on any atom is 0.118 e. The molecule has 0 aliphatic rings. The van der Waals surface area contributed by atoms with Crippen LogP contribution in [0.1, 0.15) is 11.1 Å². The van der Waals surface area contributed by atoms with Crippen LogP contribution in [-0.2, 0) is 0 Å². The highest BCUT2D eigenvalue weighted by atomic mass is 16.5. The van der Waals surface area contributed by atoms with Crippen molar-refractivity contribution in [2.45, 2.75) is 13.8 Å². The van der Waals surface area contributed by atoms with Crippen molar-refractivity contribution in [1.29, 1.82) is 0 Å². The van der Waals surface area contributed by atoms with E-state index in [0.29, 0.717) is 0 Å². The molecule has 0 aliphatic carbocycles. The molecule has 0 unspecified atom stereocenters. The highest BCUT2D eigenvalue weighted by Gasteiger charge is 2.26. The zero-order valence-electron chi connectivity index (χ0n) is 41.1. The van der Waals surface area contributed by atoms with E-state index in [-0.39, 0.29) is 0 Å². The molecule has 0 heterocycles. The lowest BCUT2D eigenvalue weighted by molar-refractivity contribution is 0.414. The third-order valence-electron chi connectivity index (χ3n) is 13.9. The third kappa shape index (κ3) is 8.92. The number of hydrogen-bond acceptors (Lipinski definition) is 2. The molecule has 0 radical (unpaired) electrons. The van der Waals surface area contributed by atoms with Gasteiger partial charge in [0.15, 0.2) is 0 Å². The summed E-state index contributed by atoms with van der Waals surface area (Å²) in [5, 5.41) is 0. The zero-order chi connectivity index (χ0) is 49.0. The van der Waals surface area contributed by atoms with Crippen molar-refractivity contribution in [1.82, 2.24) is 0 Å². The van der Waals surface area contributed by atoms with E-state index in [2.05, 4.69) is 269 Å². The Morgan fingerprint density at radius 3 is 0.694 bits per heavy atom. The fourth-order valence-electron chi connectivity index (χ4n) is 10.3. The van der Waals surface area contributed by atoms with Crippen molar-refractivity contribution >= 4 is 0 Å². The van der Waals surface area contributed by atoms with Crippen LogP contribution in [0, 0.1) is 13.8 Å². The molecule has 2 nitrogen and oxygen atoms in total. The number of hydrogen-bond donors (Lipinski definition) is 0. The molecule has 0 aromatic heterocycles. The largest absolute Gasteiger partial charge is 0.497 e. The van der Waals surface area contributed by atoms with Gasteiger partial charge in [0, 0.05) is 0 Å². The van der Waals surface area contributed by atoms with Gasteiger partial charge < -0.3 is 9.47 Å². The number of rotatable bonds is 12. The van der Waals surface area contributed by atoms with E-state index in [1.54, 1.807) is 14.2 Å². The molecule has 0 amide bonds. The number of methoxy groups -OCH3 is 2. The molecular weight excluding hydrogens is 873 g/mol. The van der Waals surface area contributed by atoms with Crippen molar-refractivity contribution in [2.24, 2.45) is 0 Å². The third-order valence-corrected chi connectivity index (χ3v) is 13.9. The second-order valence-corrected chi connectivity index (χ2v) is 18.4. The van der Waals surface area contributed by atoms with E-state index >= 15 is 0 Å². The summed E-state index contributed by atoms with van der Waals surface area (Å²) < 4.78 is 11.4. The van der Waals surface area contributed by atoms with Crippen LogP contribution in [0.2, 0.25) is 0 Å². The number of ether oxygens (including phenoxy) is 2. The first-order valence-corrected chi connectivity index (χ1v) is 24.6. The van der Waals surface area contributed by atoms with Crippen LogP contribution in [0.25, 0.3) is 111 Å². The van der Waals surface area contributed by atoms with Gasteiger partial charge in [-0.1, -0.05) is 230 Å². The second-order valence-electron chi connectivity index (χ2n) is 18.4. The molecule has 0 bridgehead atoms. The molecule has 0 fully saturated rings. The minimum atomic E-state index is 0.809. The van der Waals surface area contributed by atoms with Crippen LogP contribution in [-0.4, -0.2) is 14.2 Å². The molecular formula is C70H54O2. The van der Waals surface area contributed by atoms with Crippen LogP contribution < -0.4 is 9.47 Å². The van der Waals surface area contributed by atoms with Gasteiger partial charge in [-0.3, -0.25) is 0 Å². The van der Waals surface area contributed by atoms with Gasteiger partial charge in [-0.05, 0) is 162 Å². The van der Waals surface area contributed by atoms with Gasteiger partial charge in [-0.25, -0.2) is 0 Å². The van der Waals surface area contributed by atoms with Crippen molar-refractivity contribution in [3.05, 3.63) is 266 Å². The molecule has 0 saturated carbocycles. The fraction of sp³-hybridized carbons (Fsp3) is 0.0571. The predicted octanol–water partition coefficient (Wildman–Crippen LogP) is 19.0. The summed E-state index contributed by atoms with van der Waals surface area (Å²) in [6.07, 6.45) is 0. The minimum absolute atomic E-state index is 0.809. The van der Waals surface area contributed by atoms with Crippen LogP contribution >= 0.6 is 0 Å². The molecule has 0 saturated heterocycles. The van der Waals surface area contributed by atoms with Crippen molar-refractivity contribution in [2.75, 3.05) is 14.2 Å². The first-order valence-electron chi connectivity index (χ1n) is 24.6. The normalized spacial score (nSPS) is 11.1. The van der Waals surface area contributed by atoms with Gasteiger partial charge in [0.2, 0.25) is 0 Å². The Bertz CT molecular complexity index is 3620. The average molecular weight is 927 g/mol. The summed E-state index contributed by atoms with van der Waals surface area (Å²) in [7, 11) is 3.44. The fourth-order valence-corrected chi connectivity index (χ4v) is 10.3. The molecule has 0 spiro atoms. The van der Waals surface area contributed by atoms with Gasteiger partial charge in [-0.15, -0.1) is 0 Å². The summed E-state index contributed by atoms with van der Waals surface area (Å²) in [6.45, 7) is 4.32. The summed E-state index contributed by atoms with van der Waals surface area (Å²) in [4.78, 5) is 0. The second kappa shape index (κ2) is 20.2. The Labute approximate surface area is 424 Å². The number of benzene rings is 11. The van der Waals surface area contributed by atoms with E-state index in [1.807, 2.05) is 0 Å². The van der Waals surface area contributed by atoms with Crippen molar-refractivity contribution in [3.8, 4) is 123 Å². The summed E-state index contributed by atoms with van der Waals surface area (Å²) >= 11 is 0. The van der Waals surface area contributed by atoms with Gasteiger partial charge in [0.1, 0.15) is 11.5 Å². The molecule has 0 aliphatic heterocycles. The highest BCUT2D eigenvalue weighted by Crippen LogP contribution is 2.53. The smallest absolute Gasteiger partial charge is 0.118 e. The van der Waals surface area contributed by atoms with E-state index in [9.17, 15) is 0 Å². The Morgan fingerprint density at radius 1 is 0.208 bits per heavy atom. The molecule has 0 N–H and O–H groups in total. The van der Waals surface area contributed by atoms with Crippen molar-refractivity contribution in [3.63, 3.8) is 0 Å². The molecule has 0 atom stereocenters. The average Bonchev–Trinajstić information content (AvgIpc) is 3.45. The molecule has 72 heavy (non-hydrogen) atoms. The van der Waals surface area contributed by atoms with Crippen LogP contribution in [0.5, 0.6) is 11.5 Å².